The van der Waals surface area contributed by atoms with E-state index in [1.54, 1.807) is 5.56 Å². The molecule has 0 radical (unpaired) electrons. The Bertz CT molecular complexity index is 417. The van der Waals surface area contributed by atoms with Crippen LogP contribution in [-0.2, 0) is 6.42 Å². The van der Waals surface area contributed by atoms with Crippen molar-refractivity contribution in [2.45, 2.75) is 80.2 Å². The summed E-state index contributed by atoms with van der Waals surface area (Å²) in [6.07, 6.45) is 4.95. The maximum Gasteiger partial charge on any atom is 0.0116 e. The average Bonchev–Trinajstić information content (AvgIpc) is 2.34. The first-order valence-corrected chi connectivity index (χ1v) is 8.55. The van der Waals surface area contributed by atoms with Crippen molar-refractivity contribution < 1.29 is 0 Å². The lowest BCUT2D eigenvalue weighted by Crippen LogP contribution is -2.40. The lowest BCUT2D eigenvalue weighted by Gasteiger charge is -2.32. The molecule has 1 aromatic rings. The van der Waals surface area contributed by atoms with Crippen LogP contribution in [0.5, 0.6) is 0 Å². The van der Waals surface area contributed by atoms with Crippen molar-refractivity contribution in [1.82, 2.24) is 5.32 Å². The molecule has 1 heteroatoms. The van der Waals surface area contributed by atoms with E-state index >= 15 is 0 Å². The number of hydrogen-bond acceptors (Lipinski definition) is 1. The molecule has 0 amide bonds. The Morgan fingerprint density at radius 1 is 1.05 bits per heavy atom. The second kappa shape index (κ2) is 7.98. The van der Waals surface area contributed by atoms with Crippen LogP contribution in [0.25, 0.3) is 0 Å². The molecule has 0 fully saturated rings. The molecule has 0 saturated carbocycles. The van der Waals surface area contributed by atoms with Gasteiger partial charge in [0.2, 0.25) is 0 Å². The zero-order chi connectivity index (χ0) is 16.0. The van der Waals surface area contributed by atoms with E-state index in [4.69, 9.17) is 0 Å². The third-order valence-electron chi connectivity index (χ3n) is 4.45. The molecule has 21 heavy (non-hydrogen) atoms. The Morgan fingerprint density at radius 2 is 1.62 bits per heavy atom. The van der Waals surface area contributed by atoms with Crippen molar-refractivity contribution in [3.63, 3.8) is 0 Å². The summed E-state index contributed by atoms with van der Waals surface area (Å²) >= 11 is 0. The van der Waals surface area contributed by atoms with Gasteiger partial charge in [-0.2, -0.15) is 0 Å². The fourth-order valence-electron chi connectivity index (χ4n) is 3.25. The largest absolute Gasteiger partial charge is 0.313 e. The maximum atomic E-state index is 3.73. The monoisotopic (exact) mass is 289 g/mol. The van der Waals surface area contributed by atoms with Crippen molar-refractivity contribution >= 4 is 0 Å². The predicted molar refractivity (Wildman–Crippen MR) is 95.1 cm³/mol. The molecule has 0 aromatic heterocycles. The normalized spacial score (nSPS) is 13.5. The standard InChI is InChI=1S/C20H35N/c1-8-12-21-19(20(5,6)7)11-9-10-18-16(3)13-15(2)14-17(18)4/h13-14,19,21H,8-12H2,1-7H3. The molecule has 0 bridgehead atoms. The minimum Gasteiger partial charge on any atom is -0.313 e. The summed E-state index contributed by atoms with van der Waals surface area (Å²) in [5, 5.41) is 3.73. The van der Waals surface area contributed by atoms with E-state index in [0.717, 1.165) is 6.54 Å². The Labute approximate surface area is 132 Å². The van der Waals surface area contributed by atoms with Crippen molar-refractivity contribution in [1.29, 1.82) is 0 Å². The molecule has 0 aliphatic rings. The number of benzene rings is 1. The summed E-state index contributed by atoms with van der Waals surface area (Å²) in [5.74, 6) is 0. The van der Waals surface area contributed by atoms with E-state index in [-0.39, 0.29) is 0 Å². The highest BCUT2D eigenvalue weighted by atomic mass is 14.9. The fourth-order valence-corrected chi connectivity index (χ4v) is 3.25. The topological polar surface area (TPSA) is 12.0 Å². The minimum absolute atomic E-state index is 0.340. The van der Waals surface area contributed by atoms with Crippen molar-refractivity contribution in [2.75, 3.05) is 6.54 Å². The smallest absolute Gasteiger partial charge is 0.0116 e. The summed E-state index contributed by atoms with van der Waals surface area (Å²) in [6.45, 7) is 17.1. The van der Waals surface area contributed by atoms with E-state index in [1.807, 2.05) is 0 Å². The van der Waals surface area contributed by atoms with Gasteiger partial charge in [0.15, 0.2) is 0 Å². The molecule has 0 aliphatic heterocycles. The molecule has 0 spiro atoms. The van der Waals surface area contributed by atoms with Crippen LogP contribution in [0.3, 0.4) is 0 Å². The van der Waals surface area contributed by atoms with Gasteiger partial charge in [0, 0.05) is 6.04 Å². The highest BCUT2D eigenvalue weighted by Gasteiger charge is 2.23. The molecule has 1 N–H and O–H groups in total. The number of rotatable bonds is 7. The molecule has 0 aliphatic carbocycles. The molecule has 120 valence electrons. The summed E-state index contributed by atoms with van der Waals surface area (Å²) in [6, 6.07) is 5.25. The second-order valence-corrected chi connectivity index (χ2v) is 7.64. The van der Waals surface area contributed by atoms with Crippen LogP contribution in [0.4, 0.5) is 0 Å². The van der Waals surface area contributed by atoms with Crippen LogP contribution < -0.4 is 5.32 Å². The van der Waals surface area contributed by atoms with Gasteiger partial charge < -0.3 is 5.32 Å². The molecule has 1 atom stereocenters. The molecule has 0 heterocycles. The fraction of sp³-hybridized carbons (Fsp3) is 0.700. The summed E-state index contributed by atoms with van der Waals surface area (Å²) in [4.78, 5) is 0. The number of hydrogen-bond donors (Lipinski definition) is 1. The van der Waals surface area contributed by atoms with Crippen molar-refractivity contribution in [2.24, 2.45) is 5.41 Å². The molecule has 0 saturated heterocycles. The minimum atomic E-state index is 0.340. The zero-order valence-electron chi connectivity index (χ0n) is 15.3. The predicted octanol–water partition coefficient (Wildman–Crippen LogP) is 5.35. The Hall–Kier alpha value is -0.820. The van der Waals surface area contributed by atoms with Crippen LogP contribution >= 0.6 is 0 Å². The zero-order valence-corrected chi connectivity index (χ0v) is 15.3. The summed E-state index contributed by atoms with van der Waals surface area (Å²) in [5.41, 5.74) is 6.20. The van der Waals surface area contributed by atoms with Crippen LogP contribution in [0, 0.1) is 26.2 Å². The van der Waals surface area contributed by atoms with Gasteiger partial charge in [0.05, 0.1) is 0 Å². The van der Waals surface area contributed by atoms with E-state index in [9.17, 15) is 0 Å². The molecular weight excluding hydrogens is 254 g/mol. The van der Waals surface area contributed by atoms with Crippen LogP contribution in [-0.4, -0.2) is 12.6 Å². The van der Waals surface area contributed by atoms with E-state index in [0.29, 0.717) is 11.5 Å². The van der Waals surface area contributed by atoms with E-state index in [1.165, 1.54) is 42.4 Å². The SMILES string of the molecule is CCCNC(CCCc1c(C)cc(C)cc1C)C(C)(C)C. The Balaban J connectivity index is 2.62. The van der Waals surface area contributed by atoms with Gasteiger partial charge in [0.25, 0.3) is 0 Å². The molecular formula is C20H35N. The lowest BCUT2D eigenvalue weighted by atomic mass is 9.83. The molecule has 1 nitrogen and oxygen atoms in total. The van der Waals surface area contributed by atoms with E-state index in [2.05, 4.69) is 65.9 Å². The van der Waals surface area contributed by atoms with Crippen LogP contribution in [0.2, 0.25) is 0 Å². The van der Waals surface area contributed by atoms with Crippen molar-refractivity contribution in [3.8, 4) is 0 Å². The third-order valence-corrected chi connectivity index (χ3v) is 4.45. The first kappa shape index (κ1) is 18.2. The van der Waals surface area contributed by atoms with Gasteiger partial charge in [-0.05, 0) is 75.1 Å². The lowest BCUT2D eigenvalue weighted by molar-refractivity contribution is 0.251. The van der Waals surface area contributed by atoms with Crippen LogP contribution in [0.15, 0.2) is 12.1 Å². The van der Waals surface area contributed by atoms with Gasteiger partial charge in [0.1, 0.15) is 0 Å². The highest BCUT2D eigenvalue weighted by Crippen LogP contribution is 2.25. The Kier molecular flexibility index (Phi) is 6.93. The van der Waals surface area contributed by atoms with E-state index < -0.39 is 0 Å². The molecule has 1 unspecified atom stereocenters. The van der Waals surface area contributed by atoms with Gasteiger partial charge >= 0.3 is 0 Å². The molecule has 1 aromatic carbocycles. The average molecular weight is 290 g/mol. The Morgan fingerprint density at radius 3 is 2.10 bits per heavy atom. The second-order valence-electron chi connectivity index (χ2n) is 7.64. The first-order valence-electron chi connectivity index (χ1n) is 8.55. The van der Waals surface area contributed by atoms with Crippen LogP contribution in [0.1, 0.15) is 69.2 Å². The maximum absolute atomic E-state index is 3.73. The third kappa shape index (κ3) is 5.82. The highest BCUT2D eigenvalue weighted by molar-refractivity contribution is 5.37. The summed E-state index contributed by atoms with van der Waals surface area (Å²) in [7, 11) is 0. The first-order chi connectivity index (χ1) is 9.75. The van der Waals surface area contributed by atoms with Gasteiger partial charge in [-0.15, -0.1) is 0 Å². The van der Waals surface area contributed by atoms with Gasteiger partial charge in [-0.1, -0.05) is 45.4 Å². The summed E-state index contributed by atoms with van der Waals surface area (Å²) < 4.78 is 0. The quantitative estimate of drug-likeness (QED) is 0.713. The van der Waals surface area contributed by atoms with Gasteiger partial charge in [-0.25, -0.2) is 0 Å². The number of aryl methyl sites for hydroxylation is 3. The molecule has 1 rings (SSSR count). The number of nitrogens with one attached hydrogen (secondary N) is 1. The van der Waals surface area contributed by atoms with Crippen molar-refractivity contribution in [3.05, 3.63) is 34.4 Å². The van der Waals surface area contributed by atoms with Gasteiger partial charge in [-0.3, -0.25) is 0 Å².